The SMILES string of the molecule is O=C(NCc1nccn1Cc1ccccc1)N1CCC[C@@H](CO)C1. The van der Waals surface area contributed by atoms with E-state index in [1.54, 1.807) is 11.1 Å². The standard InChI is InChI=1S/C18H24N4O2/c23-14-16-7-4-9-22(13-16)18(24)20-11-17-19-8-10-21(17)12-15-5-2-1-3-6-15/h1-3,5-6,8,10,16,23H,4,7,9,11-14H2,(H,20,24)/t16-/m1/s1. The third-order valence-electron chi connectivity index (χ3n) is 4.46. The second kappa shape index (κ2) is 7.97. The number of imidazole rings is 1. The molecule has 0 unspecified atom stereocenters. The lowest BCUT2D eigenvalue weighted by atomic mass is 9.99. The van der Waals surface area contributed by atoms with Gasteiger partial charge in [0.05, 0.1) is 6.54 Å². The molecule has 6 heteroatoms. The maximum atomic E-state index is 12.3. The van der Waals surface area contributed by atoms with Gasteiger partial charge in [-0.25, -0.2) is 9.78 Å². The van der Waals surface area contributed by atoms with Crippen molar-refractivity contribution in [3.63, 3.8) is 0 Å². The topological polar surface area (TPSA) is 70.4 Å². The zero-order valence-corrected chi connectivity index (χ0v) is 13.8. The zero-order chi connectivity index (χ0) is 16.8. The Kier molecular flexibility index (Phi) is 5.48. The summed E-state index contributed by atoms with van der Waals surface area (Å²) in [6.45, 7) is 2.66. The third-order valence-corrected chi connectivity index (χ3v) is 4.46. The Morgan fingerprint density at radius 2 is 2.17 bits per heavy atom. The maximum Gasteiger partial charge on any atom is 0.317 e. The lowest BCUT2D eigenvalue weighted by Crippen LogP contribution is -2.46. The number of piperidine rings is 1. The number of amides is 2. The van der Waals surface area contributed by atoms with E-state index in [0.717, 1.165) is 31.8 Å². The predicted octanol–water partition coefficient (Wildman–Crippen LogP) is 1.85. The summed E-state index contributed by atoms with van der Waals surface area (Å²) in [4.78, 5) is 18.5. The highest BCUT2D eigenvalue weighted by Crippen LogP contribution is 2.15. The van der Waals surface area contributed by atoms with Crippen LogP contribution in [0.4, 0.5) is 4.79 Å². The molecule has 0 saturated carbocycles. The molecule has 1 aromatic carbocycles. The molecule has 3 rings (SSSR count). The summed E-state index contributed by atoms with van der Waals surface area (Å²) in [5.41, 5.74) is 1.20. The van der Waals surface area contributed by atoms with Gasteiger partial charge in [0.15, 0.2) is 0 Å². The predicted molar refractivity (Wildman–Crippen MR) is 91.4 cm³/mol. The summed E-state index contributed by atoms with van der Waals surface area (Å²) in [7, 11) is 0. The van der Waals surface area contributed by atoms with Gasteiger partial charge in [0.2, 0.25) is 0 Å². The highest BCUT2D eigenvalue weighted by atomic mass is 16.3. The smallest absolute Gasteiger partial charge is 0.317 e. The summed E-state index contributed by atoms with van der Waals surface area (Å²) in [5.74, 6) is 1.03. The molecule has 1 aliphatic heterocycles. The number of carbonyl (C=O) groups excluding carboxylic acids is 1. The summed E-state index contributed by atoms with van der Waals surface area (Å²) in [6, 6.07) is 10.1. The van der Waals surface area contributed by atoms with Crippen LogP contribution in [0, 0.1) is 5.92 Å². The van der Waals surface area contributed by atoms with E-state index >= 15 is 0 Å². The van der Waals surface area contributed by atoms with Crippen LogP contribution in [0.25, 0.3) is 0 Å². The minimum atomic E-state index is -0.0811. The van der Waals surface area contributed by atoms with Crippen molar-refractivity contribution >= 4 is 6.03 Å². The first-order valence-electron chi connectivity index (χ1n) is 8.44. The second-order valence-electron chi connectivity index (χ2n) is 6.25. The van der Waals surface area contributed by atoms with Crippen molar-refractivity contribution in [3.8, 4) is 0 Å². The summed E-state index contributed by atoms with van der Waals surface area (Å²) < 4.78 is 2.04. The van der Waals surface area contributed by atoms with Crippen LogP contribution in [0.2, 0.25) is 0 Å². The molecule has 128 valence electrons. The van der Waals surface area contributed by atoms with Gasteiger partial charge in [-0.15, -0.1) is 0 Å². The van der Waals surface area contributed by atoms with Crippen molar-refractivity contribution in [1.29, 1.82) is 0 Å². The minimum absolute atomic E-state index is 0.0811. The van der Waals surface area contributed by atoms with Crippen LogP contribution in [0.3, 0.4) is 0 Å². The van der Waals surface area contributed by atoms with Crippen LogP contribution in [0.5, 0.6) is 0 Å². The minimum Gasteiger partial charge on any atom is -0.396 e. The summed E-state index contributed by atoms with van der Waals surface area (Å²) in [5, 5.41) is 12.2. The maximum absolute atomic E-state index is 12.3. The Bertz CT molecular complexity index is 656. The number of benzene rings is 1. The fourth-order valence-corrected chi connectivity index (χ4v) is 3.10. The van der Waals surface area contributed by atoms with Crippen LogP contribution < -0.4 is 5.32 Å². The van der Waals surface area contributed by atoms with Crippen LogP contribution in [-0.2, 0) is 13.1 Å². The zero-order valence-electron chi connectivity index (χ0n) is 13.8. The molecule has 1 aliphatic rings. The highest BCUT2D eigenvalue weighted by molar-refractivity contribution is 5.74. The fraction of sp³-hybridized carbons (Fsp3) is 0.444. The Morgan fingerprint density at radius 3 is 2.96 bits per heavy atom. The molecule has 24 heavy (non-hydrogen) atoms. The van der Waals surface area contributed by atoms with Crippen molar-refractivity contribution in [2.24, 2.45) is 5.92 Å². The number of aliphatic hydroxyl groups excluding tert-OH is 1. The van der Waals surface area contributed by atoms with Gasteiger partial charge in [-0.3, -0.25) is 0 Å². The van der Waals surface area contributed by atoms with E-state index in [0.29, 0.717) is 13.1 Å². The van der Waals surface area contributed by atoms with E-state index in [9.17, 15) is 9.90 Å². The number of aliphatic hydroxyl groups is 1. The third kappa shape index (κ3) is 4.14. The number of nitrogens with one attached hydrogen (secondary N) is 1. The van der Waals surface area contributed by atoms with Gasteiger partial charge in [-0.05, 0) is 24.3 Å². The molecule has 1 fully saturated rings. The van der Waals surface area contributed by atoms with Crippen molar-refractivity contribution in [2.45, 2.75) is 25.9 Å². The quantitative estimate of drug-likeness (QED) is 0.880. The van der Waals surface area contributed by atoms with E-state index < -0.39 is 0 Å². The summed E-state index contributed by atoms with van der Waals surface area (Å²) >= 11 is 0. The molecule has 2 heterocycles. The van der Waals surface area contributed by atoms with E-state index in [2.05, 4.69) is 22.4 Å². The average molecular weight is 328 g/mol. The molecular weight excluding hydrogens is 304 g/mol. The van der Waals surface area contributed by atoms with Gasteiger partial charge >= 0.3 is 6.03 Å². The number of urea groups is 1. The first-order chi connectivity index (χ1) is 11.8. The Hall–Kier alpha value is -2.34. The number of aromatic nitrogens is 2. The van der Waals surface area contributed by atoms with Gasteiger partial charge in [-0.1, -0.05) is 30.3 Å². The second-order valence-corrected chi connectivity index (χ2v) is 6.25. The number of likely N-dealkylation sites (tertiary alicyclic amines) is 1. The Balaban J connectivity index is 1.55. The monoisotopic (exact) mass is 328 g/mol. The number of hydrogen-bond donors (Lipinski definition) is 2. The normalized spacial score (nSPS) is 17.7. The van der Waals surface area contributed by atoms with Gasteiger partial charge < -0.3 is 19.9 Å². The van der Waals surface area contributed by atoms with Crippen molar-refractivity contribution in [2.75, 3.05) is 19.7 Å². The molecule has 2 aromatic rings. The van der Waals surface area contributed by atoms with Crippen molar-refractivity contribution in [1.82, 2.24) is 19.8 Å². The fourth-order valence-electron chi connectivity index (χ4n) is 3.10. The Labute approximate surface area is 142 Å². The Morgan fingerprint density at radius 1 is 1.33 bits per heavy atom. The molecule has 0 spiro atoms. The van der Waals surface area contributed by atoms with Crippen LogP contribution in [0.1, 0.15) is 24.2 Å². The molecule has 6 nitrogen and oxygen atoms in total. The van der Waals surface area contributed by atoms with Gasteiger partial charge in [0, 0.05) is 38.6 Å². The lowest BCUT2D eigenvalue weighted by molar-refractivity contribution is 0.129. The van der Waals surface area contributed by atoms with E-state index in [4.69, 9.17) is 0 Å². The first-order valence-corrected chi connectivity index (χ1v) is 8.44. The van der Waals surface area contributed by atoms with Crippen molar-refractivity contribution < 1.29 is 9.90 Å². The highest BCUT2D eigenvalue weighted by Gasteiger charge is 2.23. The lowest BCUT2D eigenvalue weighted by Gasteiger charge is -2.31. The van der Waals surface area contributed by atoms with Crippen LogP contribution in [-0.4, -0.2) is 45.3 Å². The van der Waals surface area contributed by atoms with E-state index in [1.165, 1.54) is 5.56 Å². The van der Waals surface area contributed by atoms with E-state index in [1.807, 2.05) is 29.0 Å². The number of rotatable bonds is 5. The first kappa shape index (κ1) is 16.5. The average Bonchev–Trinajstić information content (AvgIpc) is 3.07. The molecule has 1 saturated heterocycles. The van der Waals surface area contributed by atoms with Gasteiger partial charge in [-0.2, -0.15) is 0 Å². The van der Waals surface area contributed by atoms with Gasteiger partial charge in [0.25, 0.3) is 0 Å². The summed E-state index contributed by atoms with van der Waals surface area (Å²) in [6.07, 6.45) is 5.62. The molecule has 2 N–H and O–H groups in total. The molecule has 1 aromatic heterocycles. The molecule has 1 atom stereocenters. The molecule has 0 bridgehead atoms. The number of nitrogens with zero attached hydrogens (tertiary/aromatic N) is 3. The molecule has 0 aliphatic carbocycles. The van der Waals surface area contributed by atoms with Crippen LogP contribution in [0.15, 0.2) is 42.7 Å². The van der Waals surface area contributed by atoms with Crippen molar-refractivity contribution in [3.05, 3.63) is 54.1 Å². The van der Waals surface area contributed by atoms with E-state index in [-0.39, 0.29) is 18.6 Å². The molecular formula is C18H24N4O2. The molecule has 2 amide bonds. The van der Waals surface area contributed by atoms with Gasteiger partial charge in [0.1, 0.15) is 5.82 Å². The number of carbonyl (C=O) groups is 1. The largest absolute Gasteiger partial charge is 0.396 e. The number of hydrogen-bond acceptors (Lipinski definition) is 3. The van der Waals surface area contributed by atoms with Crippen LogP contribution >= 0.6 is 0 Å². The molecule has 0 radical (unpaired) electrons.